The van der Waals surface area contributed by atoms with E-state index in [1.54, 1.807) is 0 Å². The maximum Gasteiger partial charge on any atom is 0.241 e. The second-order valence-electron chi connectivity index (χ2n) is 11.9. The number of carbonyl (C=O) groups is 1. The van der Waals surface area contributed by atoms with Crippen LogP contribution in [0.15, 0.2) is 59.1 Å². The molecule has 3 aromatic rings. The zero-order valence-electron chi connectivity index (χ0n) is 22.5. The van der Waals surface area contributed by atoms with Crippen LogP contribution in [0, 0.1) is 11.8 Å². The first-order valence-corrected chi connectivity index (χ1v) is 13.8. The second-order valence-corrected chi connectivity index (χ2v) is 11.9. The number of rotatable bonds is 6. The molecule has 0 saturated carbocycles. The second kappa shape index (κ2) is 11.2. The van der Waals surface area contributed by atoms with Gasteiger partial charge in [0.1, 0.15) is 0 Å². The number of aromatic nitrogens is 2. The predicted octanol–water partition coefficient (Wildman–Crippen LogP) is 5.73. The van der Waals surface area contributed by atoms with Crippen LogP contribution >= 0.6 is 0 Å². The molecule has 0 radical (unpaired) electrons. The Bertz CT molecular complexity index is 1160. The van der Waals surface area contributed by atoms with Gasteiger partial charge in [0, 0.05) is 25.2 Å². The van der Waals surface area contributed by atoms with Crippen molar-refractivity contribution in [1.82, 2.24) is 19.9 Å². The number of hydrogen-bond acceptors (Lipinski definition) is 5. The molecule has 0 aliphatic carbocycles. The van der Waals surface area contributed by atoms with Crippen LogP contribution in [0.3, 0.4) is 0 Å². The molecule has 2 saturated heterocycles. The minimum Gasteiger partial charge on any atom is -0.342 e. The van der Waals surface area contributed by atoms with E-state index < -0.39 is 0 Å². The third-order valence-corrected chi connectivity index (χ3v) is 7.98. The molecule has 1 atom stereocenters. The Labute approximate surface area is 221 Å². The highest BCUT2D eigenvalue weighted by molar-refractivity contribution is 5.79. The topological polar surface area (TPSA) is 62.5 Å². The van der Waals surface area contributed by atoms with Crippen molar-refractivity contribution in [3.8, 4) is 11.4 Å². The lowest BCUT2D eigenvalue weighted by Crippen LogP contribution is -2.47. The van der Waals surface area contributed by atoms with Gasteiger partial charge in [-0.25, -0.2) is 0 Å². The fourth-order valence-corrected chi connectivity index (χ4v) is 5.71. The van der Waals surface area contributed by atoms with Gasteiger partial charge in [-0.2, -0.15) is 4.98 Å². The molecule has 5 rings (SSSR count). The SMILES string of the molecule is CC(C)(C)c1ccc(-c2noc(CN3CCCC(C(=O)N4CCC(Cc5ccccc5)CC4)C3)n2)cc1. The summed E-state index contributed by atoms with van der Waals surface area (Å²) >= 11 is 0. The van der Waals surface area contributed by atoms with Crippen molar-refractivity contribution in [1.29, 1.82) is 0 Å². The summed E-state index contributed by atoms with van der Waals surface area (Å²) in [5, 5.41) is 4.22. The fraction of sp³-hybridized carbons (Fsp3) is 0.516. The molecule has 1 unspecified atom stereocenters. The molecule has 0 bridgehead atoms. The van der Waals surface area contributed by atoms with Crippen LogP contribution in [0.4, 0.5) is 0 Å². The van der Waals surface area contributed by atoms with E-state index >= 15 is 0 Å². The van der Waals surface area contributed by atoms with Gasteiger partial charge in [-0.1, -0.05) is 80.5 Å². The van der Waals surface area contributed by atoms with E-state index in [0.717, 1.165) is 63.8 Å². The molecular weight excluding hydrogens is 460 g/mol. The van der Waals surface area contributed by atoms with E-state index in [1.807, 2.05) is 0 Å². The van der Waals surface area contributed by atoms with E-state index in [0.29, 0.717) is 30.1 Å². The number of hydrogen-bond donors (Lipinski definition) is 0. The first-order valence-electron chi connectivity index (χ1n) is 13.8. The van der Waals surface area contributed by atoms with Crippen molar-refractivity contribution in [2.75, 3.05) is 26.2 Å². The summed E-state index contributed by atoms with van der Waals surface area (Å²) in [4.78, 5) is 22.4. The molecule has 2 aliphatic rings. The Morgan fingerprint density at radius 2 is 1.70 bits per heavy atom. The summed E-state index contributed by atoms with van der Waals surface area (Å²) in [5.74, 6) is 2.30. The monoisotopic (exact) mass is 500 g/mol. The van der Waals surface area contributed by atoms with Gasteiger partial charge in [-0.05, 0) is 61.1 Å². The van der Waals surface area contributed by atoms with Crippen molar-refractivity contribution in [2.45, 2.75) is 64.8 Å². The number of benzene rings is 2. The van der Waals surface area contributed by atoms with Crippen LogP contribution in [-0.2, 0) is 23.2 Å². The minimum absolute atomic E-state index is 0.0618. The third-order valence-electron chi connectivity index (χ3n) is 7.98. The van der Waals surface area contributed by atoms with Gasteiger partial charge in [0.15, 0.2) is 0 Å². The lowest BCUT2D eigenvalue weighted by molar-refractivity contribution is -0.138. The lowest BCUT2D eigenvalue weighted by atomic mass is 9.87. The Balaban J connectivity index is 1.12. The summed E-state index contributed by atoms with van der Waals surface area (Å²) < 4.78 is 5.59. The average molecular weight is 501 g/mol. The Hall–Kier alpha value is -2.99. The minimum atomic E-state index is 0.0618. The molecule has 37 heavy (non-hydrogen) atoms. The molecule has 0 N–H and O–H groups in total. The third kappa shape index (κ3) is 6.48. The molecule has 2 aliphatic heterocycles. The van der Waals surface area contributed by atoms with E-state index in [-0.39, 0.29) is 11.3 Å². The number of piperidine rings is 2. The Kier molecular flexibility index (Phi) is 7.75. The summed E-state index contributed by atoms with van der Waals surface area (Å²) in [5.41, 5.74) is 3.76. The molecule has 6 heteroatoms. The van der Waals surface area contributed by atoms with E-state index in [1.165, 1.54) is 11.1 Å². The van der Waals surface area contributed by atoms with Crippen LogP contribution in [-0.4, -0.2) is 52.0 Å². The largest absolute Gasteiger partial charge is 0.342 e. The Morgan fingerprint density at radius 1 is 0.973 bits per heavy atom. The first-order chi connectivity index (χ1) is 17.8. The summed E-state index contributed by atoms with van der Waals surface area (Å²) in [7, 11) is 0. The number of carbonyl (C=O) groups excluding carboxylic acids is 1. The van der Waals surface area contributed by atoms with Gasteiger partial charge >= 0.3 is 0 Å². The molecular formula is C31H40N4O2. The summed E-state index contributed by atoms with van der Waals surface area (Å²) in [6.45, 7) is 10.7. The van der Waals surface area contributed by atoms with Gasteiger partial charge in [0.2, 0.25) is 17.6 Å². The normalized spacial score (nSPS) is 19.8. The van der Waals surface area contributed by atoms with Crippen molar-refractivity contribution >= 4 is 5.91 Å². The van der Waals surface area contributed by atoms with Crippen LogP contribution in [0.2, 0.25) is 0 Å². The predicted molar refractivity (Wildman–Crippen MR) is 146 cm³/mol. The number of likely N-dealkylation sites (tertiary alicyclic amines) is 2. The maximum absolute atomic E-state index is 13.4. The maximum atomic E-state index is 13.4. The van der Waals surface area contributed by atoms with Crippen LogP contribution in [0.1, 0.15) is 63.5 Å². The van der Waals surface area contributed by atoms with E-state index in [9.17, 15) is 4.79 Å². The number of nitrogens with zero attached hydrogens (tertiary/aromatic N) is 4. The molecule has 196 valence electrons. The highest BCUT2D eigenvalue weighted by Crippen LogP contribution is 2.27. The zero-order valence-corrected chi connectivity index (χ0v) is 22.5. The van der Waals surface area contributed by atoms with Gasteiger partial charge < -0.3 is 9.42 Å². The van der Waals surface area contributed by atoms with Crippen molar-refractivity contribution in [3.63, 3.8) is 0 Å². The first kappa shape index (κ1) is 25.7. The zero-order chi connectivity index (χ0) is 25.8. The summed E-state index contributed by atoms with van der Waals surface area (Å²) in [6.07, 6.45) is 5.30. The Morgan fingerprint density at radius 3 is 2.41 bits per heavy atom. The van der Waals surface area contributed by atoms with Crippen LogP contribution in [0.25, 0.3) is 11.4 Å². The highest BCUT2D eigenvalue weighted by Gasteiger charge is 2.32. The van der Waals surface area contributed by atoms with Crippen molar-refractivity contribution < 1.29 is 9.32 Å². The molecule has 1 amide bonds. The lowest BCUT2D eigenvalue weighted by Gasteiger charge is -2.37. The molecule has 3 heterocycles. The van der Waals surface area contributed by atoms with E-state index in [2.05, 4.69) is 95.3 Å². The highest BCUT2D eigenvalue weighted by atomic mass is 16.5. The fourth-order valence-electron chi connectivity index (χ4n) is 5.71. The van der Waals surface area contributed by atoms with Gasteiger partial charge in [0.25, 0.3) is 0 Å². The smallest absolute Gasteiger partial charge is 0.241 e. The number of amides is 1. The van der Waals surface area contributed by atoms with Crippen LogP contribution in [0.5, 0.6) is 0 Å². The molecule has 2 aromatic carbocycles. The van der Waals surface area contributed by atoms with Gasteiger partial charge in [0.05, 0.1) is 12.5 Å². The summed E-state index contributed by atoms with van der Waals surface area (Å²) in [6, 6.07) is 19.1. The van der Waals surface area contributed by atoms with Gasteiger partial charge in [-0.3, -0.25) is 9.69 Å². The molecule has 0 spiro atoms. The van der Waals surface area contributed by atoms with Crippen LogP contribution < -0.4 is 0 Å². The quantitative estimate of drug-likeness (QED) is 0.433. The molecule has 6 nitrogen and oxygen atoms in total. The van der Waals surface area contributed by atoms with Crippen molar-refractivity contribution in [2.24, 2.45) is 11.8 Å². The molecule has 1 aromatic heterocycles. The molecule has 2 fully saturated rings. The standard InChI is InChI=1S/C31H40N4O2/c1-31(2,3)27-13-11-25(12-14-27)29-32-28(37-33-29)22-34-17-7-10-26(21-34)30(36)35-18-15-24(16-19-35)20-23-8-5-4-6-9-23/h4-6,8-9,11-14,24,26H,7,10,15-22H2,1-3H3. The van der Waals surface area contributed by atoms with Gasteiger partial charge in [-0.15, -0.1) is 0 Å². The average Bonchev–Trinajstić information content (AvgIpc) is 3.37. The van der Waals surface area contributed by atoms with E-state index in [4.69, 9.17) is 4.52 Å². The van der Waals surface area contributed by atoms with Crippen molar-refractivity contribution in [3.05, 3.63) is 71.6 Å².